The molecular formula is C9H5FN2O2. The van der Waals surface area contributed by atoms with Gasteiger partial charge in [-0.25, -0.2) is 4.39 Å². The Morgan fingerprint density at radius 1 is 1.43 bits per heavy atom. The SMILES string of the molecule is N#C/C(=N\O)C(=O)c1ccc(F)cc1. The zero-order valence-electron chi connectivity index (χ0n) is 6.94. The molecule has 0 atom stereocenters. The first-order chi connectivity index (χ1) is 6.69. The molecule has 1 rings (SSSR count). The summed E-state index contributed by atoms with van der Waals surface area (Å²) in [6, 6.07) is 6.00. The van der Waals surface area contributed by atoms with Gasteiger partial charge < -0.3 is 5.21 Å². The van der Waals surface area contributed by atoms with Crippen molar-refractivity contribution in [3.05, 3.63) is 35.6 Å². The lowest BCUT2D eigenvalue weighted by atomic mass is 10.1. The molecule has 1 aromatic carbocycles. The summed E-state index contributed by atoms with van der Waals surface area (Å²) < 4.78 is 12.5. The largest absolute Gasteiger partial charge is 0.410 e. The molecule has 70 valence electrons. The van der Waals surface area contributed by atoms with Crippen molar-refractivity contribution in [2.75, 3.05) is 0 Å². The smallest absolute Gasteiger partial charge is 0.227 e. The molecule has 0 heterocycles. The summed E-state index contributed by atoms with van der Waals surface area (Å²) in [5.41, 5.74) is -0.530. The van der Waals surface area contributed by atoms with Crippen LogP contribution in [-0.2, 0) is 0 Å². The first-order valence-electron chi connectivity index (χ1n) is 3.61. The quantitative estimate of drug-likeness (QED) is 0.332. The molecule has 0 spiro atoms. The van der Waals surface area contributed by atoms with Gasteiger partial charge in [-0.05, 0) is 24.3 Å². The van der Waals surface area contributed by atoms with E-state index in [-0.39, 0.29) is 5.56 Å². The minimum Gasteiger partial charge on any atom is -0.410 e. The van der Waals surface area contributed by atoms with Crippen LogP contribution in [0.5, 0.6) is 0 Å². The summed E-state index contributed by atoms with van der Waals surface area (Å²) in [4.78, 5) is 11.3. The van der Waals surface area contributed by atoms with Crippen molar-refractivity contribution in [2.24, 2.45) is 5.16 Å². The third-order valence-electron chi connectivity index (χ3n) is 1.53. The fourth-order valence-electron chi connectivity index (χ4n) is 0.857. The number of oxime groups is 1. The van der Waals surface area contributed by atoms with E-state index in [0.29, 0.717) is 0 Å². The fourth-order valence-corrected chi connectivity index (χ4v) is 0.857. The van der Waals surface area contributed by atoms with Gasteiger partial charge in [0.05, 0.1) is 0 Å². The van der Waals surface area contributed by atoms with E-state index in [1.54, 1.807) is 0 Å². The van der Waals surface area contributed by atoms with Gasteiger partial charge in [0.25, 0.3) is 0 Å². The number of carbonyl (C=O) groups excluding carboxylic acids is 1. The van der Waals surface area contributed by atoms with E-state index >= 15 is 0 Å². The molecule has 0 saturated heterocycles. The minimum absolute atomic E-state index is 0.0979. The van der Waals surface area contributed by atoms with E-state index in [0.717, 1.165) is 12.1 Å². The molecule has 1 aromatic rings. The van der Waals surface area contributed by atoms with Gasteiger partial charge in [0.15, 0.2) is 0 Å². The van der Waals surface area contributed by atoms with Gasteiger partial charge >= 0.3 is 0 Å². The maximum Gasteiger partial charge on any atom is 0.227 e. The first kappa shape index (κ1) is 9.86. The summed E-state index contributed by atoms with van der Waals surface area (Å²) in [5, 5.41) is 19.2. The number of nitriles is 1. The number of Topliss-reactive ketones (excluding diaryl/α,β-unsaturated/α-hetero) is 1. The number of hydrogen-bond donors (Lipinski definition) is 1. The third-order valence-corrected chi connectivity index (χ3v) is 1.53. The lowest BCUT2D eigenvalue weighted by Crippen LogP contribution is -2.12. The zero-order chi connectivity index (χ0) is 10.6. The van der Waals surface area contributed by atoms with Gasteiger partial charge in [-0.3, -0.25) is 4.79 Å². The highest BCUT2D eigenvalue weighted by molar-refractivity contribution is 6.51. The van der Waals surface area contributed by atoms with Crippen molar-refractivity contribution in [1.82, 2.24) is 0 Å². The Balaban J connectivity index is 3.03. The van der Waals surface area contributed by atoms with Crippen molar-refractivity contribution in [2.45, 2.75) is 0 Å². The molecule has 0 bridgehead atoms. The molecule has 0 aliphatic rings. The summed E-state index contributed by atoms with van der Waals surface area (Å²) in [7, 11) is 0. The summed E-state index contributed by atoms with van der Waals surface area (Å²) in [5.74, 6) is -1.23. The Morgan fingerprint density at radius 3 is 2.43 bits per heavy atom. The minimum atomic E-state index is -0.741. The van der Waals surface area contributed by atoms with Gasteiger partial charge in [0, 0.05) is 5.56 Å². The Morgan fingerprint density at radius 2 is 2.00 bits per heavy atom. The van der Waals surface area contributed by atoms with Gasteiger partial charge in [-0.15, -0.1) is 0 Å². The highest BCUT2D eigenvalue weighted by Gasteiger charge is 2.13. The molecule has 0 fully saturated rings. The number of hydrogen-bond acceptors (Lipinski definition) is 4. The van der Waals surface area contributed by atoms with E-state index in [4.69, 9.17) is 10.5 Å². The van der Waals surface area contributed by atoms with Crippen LogP contribution in [0.3, 0.4) is 0 Å². The fraction of sp³-hybridized carbons (Fsp3) is 0. The molecule has 0 radical (unpaired) electrons. The van der Waals surface area contributed by atoms with Crippen LogP contribution < -0.4 is 0 Å². The Kier molecular flexibility index (Phi) is 2.92. The van der Waals surface area contributed by atoms with Crippen LogP contribution in [0.25, 0.3) is 0 Å². The van der Waals surface area contributed by atoms with Crippen LogP contribution in [-0.4, -0.2) is 16.7 Å². The molecular weight excluding hydrogens is 187 g/mol. The van der Waals surface area contributed by atoms with Crippen LogP contribution in [0.15, 0.2) is 29.4 Å². The third kappa shape index (κ3) is 1.93. The van der Waals surface area contributed by atoms with Gasteiger partial charge in [0.1, 0.15) is 11.9 Å². The molecule has 4 nitrogen and oxygen atoms in total. The molecule has 0 aromatic heterocycles. The molecule has 0 unspecified atom stereocenters. The Labute approximate surface area is 78.9 Å². The Hall–Kier alpha value is -2.22. The topological polar surface area (TPSA) is 73.4 Å². The first-order valence-corrected chi connectivity index (χ1v) is 3.61. The van der Waals surface area contributed by atoms with Gasteiger partial charge in [-0.2, -0.15) is 5.26 Å². The normalized spacial score (nSPS) is 10.7. The van der Waals surface area contributed by atoms with E-state index in [2.05, 4.69) is 5.16 Å². The van der Waals surface area contributed by atoms with Gasteiger partial charge in [-0.1, -0.05) is 5.16 Å². The Bertz CT molecular complexity index is 417. The molecule has 1 N–H and O–H groups in total. The highest BCUT2D eigenvalue weighted by atomic mass is 19.1. The molecule has 0 aliphatic carbocycles. The van der Waals surface area contributed by atoms with Crippen LogP contribution in [0.4, 0.5) is 4.39 Å². The van der Waals surface area contributed by atoms with Crippen LogP contribution in [0.2, 0.25) is 0 Å². The maximum atomic E-state index is 12.5. The summed E-state index contributed by atoms with van der Waals surface area (Å²) in [6.45, 7) is 0. The lowest BCUT2D eigenvalue weighted by Gasteiger charge is -1.95. The average molecular weight is 192 g/mol. The number of ketones is 1. The molecule has 0 amide bonds. The van der Waals surface area contributed by atoms with E-state index in [1.165, 1.54) is 18.2 Å². The number of benzene rings is 1. The van der Waals surface area contributed by atoms with Crippen molar-refractivity contribution in [1.29, 1.82) is 5.26 Å². The van der Waals surface area contributed by atoms with E-state index < -0.39 is 17.3 Å². The van der Waals surface area contributed by atoms with Crippen LogP contribution >= 0.6 is 0 Å². The summed E-state index contributed by atoms with van der Waals surface area (Å²) >= 11 is 0. The monoisotopic (exact) mass is 192 g/mol. The number of nitrogens with zero attached hydrogens (tertiary/aromatic N) is 2. The van der Waals surface area contributed by atoms with Gasteiger partial charge in [0.2, 0.25) is 11.5 Å². The van der Waals surface area contributed by atoms with Crippen molar-refractivity contribution < 1.29 is 14.4 Å². The molecule has 14 heavy (non-hydrogen) atoms. The second-order valence-electron chi connectivity index (χ2n) is 2.40. The maximum absolute atomic E-state index is 12.5. The predicted octanol–water partition coefficient (Wildman–Crippen LogP) is 1.36. The predicted molar refractivity (Wildman–Crippen MR) is 45.6 cm³/mol. The van der Waals surface area contributed by atoms with Crippen molar-refractivity contribution in [3.8, 4) is 6.07 Å². The number of carbonyl (C=O) groups is 1. The van der Waals surface area contributed by atoms with Crippen LogP contribution in [0, 0.1) is 17.1 Å². The molecule has 0 saturated carbocycles. The van der Waals surface area contributed by atoms with E-state index in [1.807, 2.05) is 0 Å². The van der Waals surface area contributed by atoms with Crippen LogP contribution in [0.1, 0.15) is 10.4 Å². The highest BCUT2D eigenvalue weighted by Crippen LogP contribution is 2.04. The standard InChI is InChI=1S/C9H5FN2O2/c10-7-3-1-6(2-4-7)9(13)8(5-11)12-14/h1-4,14H/b12-8+. The molecule has 0 aliphatic heterocycles. The van der Waals surface area contributed by atoms with E-state index in [9.17, 15) is 9.18 Å². The summed E-state index contributed by atoms with van der Waals surface area (Å²) in [6.07, 6.45) is 0. The number of rotatable bonds is 2. The van der Waals surface area contributed by atoms with Crippen molar-refractivity contribution in [3.63, 3.8) is 0 Å². The average Bonchev–Trinajstić information content (AvgIpc) is 2.20. The second kappa shape index (κ2) is 4.14. The second-order valence-corrected chi connectivity index (χ2v) is 2.40. The zero-order valence-corrected chi connectivity index (χ0v) is 6.94. The number of halogens is 1. The van der Waals surface area contributed by atoms with Crippen molar-refractivity contribution >= 4 is 11.5 Å². The molecule has 5 heteroatoms. The lowest BCUT2D eigenvalue weighted by molar-refractivity contribution is 0.106.